The molecule has 0 N–H and O–H groups in total. The van der Waals surface area contributed by atoms with E-state index in [4.69, 9.17) is 0 Å². The molecule has 0 saturated heterocycles. The van der Waals surface area contributed by atoms with Crippen molar-refractivity contribution < 1.29 is 61.2 Å². The average Bonchev–Trinajstić information content (AvgIpc) is 0. The number of hydrogen-bond acceptors (Lipinski definition) is 0. The molecule has 3 nitrogen and oxygen atoms in total. The third-order valence-electron chi connectivity index (χ3n) is 0. The van der Waals surface area contributed by atoms with Gasteiger partial charge in [0.2, 0.25) is 0 Å². The molecule has 0 bridgehead atoms. The second-order valence-electron chi connectivity index (χ2n) is 0. The fourth-order valence-corrected chi connectivity index (χ4v) is 0. The third kappa shape index (κ3) is 35.2. The molecule has 0 heterocycles. The van der Waals surface area contributed by atoms with Gasteiger partial charge in [-0.2, -0.15) is 0 Å². The van der Waals surface area contributed by atoms with Crippen molar-refractivity contribution in [2.24, 2.45) is 0 Å². The van der Waals surface area contributed by atoms with Gasteiger partial charge in [-0.05, 0) is 0 Å². The Balaban J connectivity index is 0. The van der Waals surface area contributed by atoms with E-state index in [1.807, 2.05) is 0 Å². The second kappa shape index (κ2) is 58.3. The molecule has 0 spiro atoms. The summed E-state index contributed by atoms with van der Waals surface area (Å²) >= 11 is 0. The van der Waals surface area contributed by atoms with Crippen LogP contribution < -0.4 is 0 Å². The van der Waals surface area contributed by atoms with Gasteiger partial charge in [0.25, 0.3) is 0 Å². The first-order chi connectivity index (χ1) is 0. The quantitative estimate of drug-likeness (QED) is 0.494. The Bertz CT molecular complexity index is 8.75. The zero-order valence-corrected chi connectivity index (χ0v) is 8.15. The van der Waals surface area contributed by atoms with E-state index in [0.717, 1.165) is 0 Å². The topological polar surface area (TPSA) is 85.5 Å². The van der Waals surface area contributed by atoms with E-state index in [1.54, 1.807) is 0 Å². The molecule has 0 saturated carbocycles. The van der Waals surface area contributed by atoms with Gasteiger partial charge in [0.15, 0.2) is 0 Å². The smallest absolute Gasteiger partial charge is 2.00 e. The Hall–Kier alpha value is 2.16. The van der Waals surface area contributed by atoms with Crippen molar-refractivity contribution in [3.63, 3.8) is 0 Å². The molecule has 0 aromatic rings. The minimum Gasteiger partial charge on any atom is -2.00 e. The maximum Gasteiger partial charge on any atom is 4.00 e. The van der Waals surface area contributed by atoms with Crippen LogP contribution in [0.1, 0.15) is 0 Å². The molecule has 0 aliphatic rings. The Morgan fingerprint density at radius 1 is 0.500 bits per heavy atom. The Morgan fingerprint density at radius 3 is 0.500 bits per heavy atom. The van der Waals surface area contributed by atoms with Crippen LogP contribution in [0.4, 0.5) is 0 Å². The SMILES string of the molecule is [Ag+].[Ag+].[O-2].[O-2].[O-2].[Sn+4]. The third-order valence-corrected chi connectivity index (χ3v) is 0. The summed E-state index contributed by atoms with van der Waals surface area (Å²) in [6.45, 7) is 0. The molecular weight excluding hydrogens is 382 g/mol. The molecule has 0 fully saturated rings. The van der Waals surface area contributed by atoms with E-state index >= 15 is 0 Å². The van der Waals surface area contributed by atoms with Crippen LogP contribution in [0.25, 0.3) is 0 Å². The van der Waals surface area contributed by atoms with Gasteiger partial charge in [-0.15, -0.1) is 0 Å². The van der Waals surface area contributed by atoms with E-state index in [9.17, 15) is 0 Å². The van der Waals surface area contributed by atoms with Gasteiger partial charge in [0.1, 0.15) is 0 Å². The molecule has 0 aromatic carbocycles. The summed E-state index contributed by atoms with van der Waals surface area (Å²) < 4.78 is 0. The standard InChI is InChI=1S/2Ag.3O.Sn/q2*+1;3*-2;+4. The van der Waals surface area contributed by atoms with Crippen LogP contribution >= 0.6 is 0 Å². The largest absolute Gasteiger partial charge is 4.00 e. The van der Waals surface area contributed by atoms with Gasteiger partial charge in [0.05, 0.1) is 0 Å². The van der Waals surface area contributed by atoms with E-state index in [0.29, 0.717) is 0 Å². The minimum absolute atomic E-state index is 0. The molecule has 0 aliphatic heterocycles. The fraction of sp³-hybridized carbons (Fsp3) is 0. The van der Waals surface area contributed by atoms with E-state index < -0.39 is 0 Å². The molecule has 0 radical (unpaired) electrons. The fourth-order valence-electron chi connectivity index (χ4n) is 0. The van der Waals surface area contributed by atoms with Gasteiger partial charge in [-0.3, -0.25) is 0 Å². The molecule has 0 atom stereocenters. The molecule has 0 aromatic heterocycles. The van der Waals surface area contributed by atoms with Gasteiger partial charge < -0.3 is 16.4 Å². The molecule has 44 valence electrons. The molecule has 0 aliphatic carbocycles. The summed E-state index contributed by atoms with van der Waals surface area (Å²) in [5.41, 5.74) is 0. The summed E-state index contributed by atoms with van der Waals surface area (Å²) in [5, 5.41) is 0. The summed E-state index contributed by atoms with van der Waals surface area (Å²) in [7, 11) is 0. The van der Waals surface area contributed by atoms with Crippen LogP contribution in [-0.4, -0.2) is 23.9 Å². The van der Waals surface area contributed by atoms with Crippen molar-refractivity contribution in [3.8, 4) is 0 Å². The molecule has 0 rings (SSSR count). The summed E-state index contributed by atoms with van der Waals surface area (Å²) in [4.78, 5) is 0. The summed E-state index contributed by atoms with van der Waals surface area (Å²) in [6, 6.07) is 0. The van der Waals surface area contributed by atoms with Crippen LogP contribution in [0, 0.1) is 0 Å². The second-order valence-corrected chi connectivity index (χ2v) is 0. The van der Waals surface area contributed by atoms with E-state index in [2.05, 4.69) is 0 Å². The van der Waals surface area contributed by atoms with E-state index in [-0.39, 0.29) is 85.1 Å². The zero-order valence-electron chi connectivity index (χ0n) is 2.33. The predicted octanol–water partition coefficient (Wildman–Crippen LogP) is -0.742. The monoisotopic (exact) mass is 382 g/mol. The molecular formula is Ag2O3Sn. The van der Waals surface area contributed by atoms with Crippen LogP contribution in [0.15, 0.2) is 0 Å². The van der Waals surface area contributed by atoms with Gasteiger partial charge in [-0.1, -0.05) is 0 Å². The van der Waals surface area contributed by atoms with Crippen LogP contribution in [-0.2, 0) is 61.2 Å². The van der Waals surface area contributed by atoms with Crippen molar-refractivity contribution in [1.82, 2.24) is 0 Å². The van der Waals surface area contributed by atoms with Crippen molar-refractivity contribution in [2.45, 2.75) is 0 Å². The maximum atomic E-state index is 0. The number of rotatable bonds is 0. The normalized spacial score (nSPS) is 0. The first-order valence-electron chi connectivity index (χ1n) is 0. The molecule has 6 heavy (non-hydrogen) atoms. The Kier molecular flexibility index (Phi) is 871. The van der Waals surface area contributed by atoms with Gasteiger partial charge >= 0.3 is 68.7 Å². The average molecular weight is 382 g/mol. The summed E-state index contributed by atoms with van der Waals surface area (Å²) in [5.74, 6) is 0. The zero-order chi connectivity index (χ0) is 0. The molecule has 0 unspecified atom stereocenters. The maximum absolute atomic E-state index is 0. The summed E-state index contributed by atoms with van der Waals surface area (Å²) in [6.07, 6.45) is 0. The van der Waals surface area contributed by atoms with Crippen LogP contribution in [0.3, 0.4) is 0 Å². The van der Waals surface area contributed by atoms with Crippen molar-refractivity contribution in [2.75, 3.05) is 0 Å². The first kappa shape index (κ1) is 89.7. The van der Waals surface area contributed by atoms with Gasteiger partial charge in [0, 0.05) is 0 Å². The van der Waals surface area contributed by atoms with Crippen molar-refractivity contribution >= 4 is 23.9 Å². The molecule has 0 amide bonds. The van der Waals surface area contributed by atoms with Gasteiger partial charge in [-0.25, -0.2) is 0 Å². The first-order valence-corrected chi connectivity index (χ1v) is 0. The van der Waals surface area contributed by atoms with Crippen molar-refractivity contribution in [3.05, 3.63) is 0 Å². The van der Waals surface area contributed by atoms with Crippen molar-refractivity contribution in [1.29, 1.82) is 0 Å². The minimum atomic E-state index is 0. The predicted molar refractivity (Wildman–Crippen MR) is 7.81 cm³/mol. The Morgan fingerprint density at radius 2 is 0.500 bits per heavy atom. The molecule has 6 heteroatoms. The van der Waals surface area contributed by atoms with E-state index in [1.165, 1.54) is 0 Å². The van der Waals surface area contributed by atoms with Crippen LogP contribution in [0.2, 0.25) is 0 Å². The Labute approximate surface area is 84.2 Å². The number of hydrogen-bond donors (Lipinski definition) is 0. The van der Waals surface area contributed by atoms with Crippen LogP contribution in [0.5, 0.6) is 0 Å².